The van der Waals surface area contributed by atoms with Crippen molar-refractivity contribution in [3.05, 3.63) is 41.0 Å². The van der Waals surface area contributed by atoms with Gasteiger partial charge < -0.3 is 22.1 Å². The fraction of sp³-hybridized carbons (Fsp3) is 0.560. The molecule has 2 heterocycles. The number of nitrogens with two attached hydrogens (primary N) is 2. The molecule has 0 spiro atoms. The minimum atomic E-state index is -0.739. The predicted octanol–water partition coefficient (Wildman–Crippen LogP) is 3.79. The molecule has 6 N–H and O–H groups in total. The van der Waals surface area contributed by atoms with Crippen molar-refractivity contribution >= 4 is 23.3 Å². The summed E-state index contributed by atoms with van der Waals surface area (Å²) in [5, 5.41) is 13.3. The van der Waals surface area contributed by atoms with Gasteiger partial charge in [-0.05, 0) is 63.2 Å². The third-order valence-corrected chi connectivity index (χ3v) is 6.63. The molecule has 184 valence electrons. The normalized spacial score (nSPS) is 21.4. The first kappa shape index (κ1) is 24.2. The Bertz CT molecular complexity index is 1040. The summed E-state index contributed by atoms with van der Waals surface area (Å²) in [6, 6.07) is 0.776. The summed E-state index contributed by atoms with van der Waals surface area (Å²) in [6.07, 6.45) is 7.89. The van der Waals surface area contributed by atoms with Crippen molar-refractivity contribution in [2.24, 2.45) is 34.3 Å². The van der Waals surface area contributed by atoms with Gasteiger partial charge in [0.1, 0.15) is 5.82 Å². The van der Waals surface area contributed by atoms with Crippen LogP contribution in [0, 0.1) is 23.6 Å². The molecule has 1 aromatic rings. The molecule has 34 heavy (non-hydrogen) atoms. The Morgan fingerprint density at radius 1 is 1.26 bits per heavy atom. The lowest BCUT2D eigenvalue weighted by atomic mass is 9.88. The van der Waals surface area contributed by atoms with Gasteiger partial charge in [-0.25, -0.2) is 9.37 Å². The van der Waals surface area contributed by atoms with Crippen molar-refractivity contribution in [1.82, 2.24) is 9.99 Å². The highest BCUT2D eigenvalue weighted by Crippen LogP contribution is 2.43. The van der Waals surface area contributed by atoms with Crippen LogP contribution in [-0.2, 0) is 0 Å². The van der Waals surface area contributed by atoms with Gasteiger partial charge in [0.25, 0.3) is 5.91 Å². The Morgan fingerprint density at radius 3 is 2.59 bits per heavy atom. The van der Waals surface area contributed by atoms with E-state index in [9.17, 15) is 9.18 Å². The molecule has 3 atom stereocenters. The Labute approximate surface area is 200 Å². The number of fused-ring (bicyclic) bond motifs is 1. The number of allylic oxidation sites excluding steroid dienone is 4. The van der Waals surface area contributed by atoms with Crippen LogP contribution in [0.4, 0.5) is 16.0 Å². The fourth-order valence-corrected chi connectivity index (χ4v) is 4.69. The minimum Gasteiger partial charge on any atom is -0.365 e. The first-order valence-corrected chi connectivity index (χ1v) is 12.2. The summed E-state index contributed by atoms with van der Waals surface area (Å²) in [4.78, 5) is 16.5. The number of rotatable bonds is 10. The zero-order valence-electron chi connectivity index (χ0n) is 20.4. The lowest BCUT2D eigenvalue weighted by Gasteiger charge is -2.26. The van der Waals surface area contributed by atoms with Crippen LogP contribution in [0.25, 0.3) is 0 Å². The molecule has 1 unspecified atom stereocenters. The van der Waals surface area contributed by atoms with Crippen molar-refractivity contribution in [3.63, 3.8) is 0 Å². The van der Waals surface area contributed by atoms with Gasteiger partial charge in [-0.2, -0.15) is 5.10 Å². The zero-order valence-corrected chi connectivity index (χ0v) is 20.4. The van der Waals surface area contributed by atoms with E-state index < -0.39 is 11.7 Å². The van der Waals surface area contributed by atoms with Gasteiger partial charge >= 0.3 is 0 Å². The maximum atomic E-state index is 14.9. The summed E-state index contributed by atoms with van der Waals surface area (Å²) in [5.41, 5.74) is 15.0. The molecule has 8 nitrogen and oxygen atoms in total. The Kier molecular flexibility index (Phi) is 6.93. The summed E-state index contributed by atoms with van der Waals surface area (Å²) in [7, 11) is 0. The van der Waals surface area contributed by atoms with Crippen LogP contribution in [-0.4, -0.2) is 40.2 Å². The largest absolute Gasteiger partial charge is 0.365 e. The highest BCUT2D eigenvalue weighted by molar-refractivity contribution is 5.98. The molecular formula is C25H36FN7O. The molecule has 9 heteroatoms. The lowest BCUT2D eigenvalue weighted by molar-refractivity contribution is 0.100. The fourth-order valence-electron chi connectivity index (χ4n) is 4.69. The van der Waals surface area contributed by atoms with Crippen LogP contribution < -0.4 is 22.1 Å². The maximum Gasteiger partial charge on any atom is 0.252 e. The van der Waals surface area contributed by atoms with Crippen molar-refractivity contribution in [3.8, 4) is 0 Å². The van der Waals surface area contributed by atoms with Crippen LogP contribution in [0.3, 0.4) is 0 Å². The average Bonchev–Trinajstić information content (AvgIpc) is 3.55. The highest BCUT2D eigenvalue weighted by atomic mass is 19.1. The van der Waals surface area contributed by atoms with E-state index in [1.807, 2.05) is 13.0 Å². The molecule has 1 saturated carbocycles. The quantitative estimate of drug-likeness (QED) is 0.414. The lowest BCUT2D eigenvalue weighted by Crippen LogP contribution is -2.39. The second kappa shape index (κ2) is 9.74. The van der Waals surface area contributed by atoms with Crippen LogP contribution in [0.2, 0.25) is 0 Å². The monoisotopic (exact) mass is 469 g/mol. The van der Waals surface area contributed by atoms with Gasteiger partial charge in [0, 0.05) is 42.4 Å². The molecule has 1 aliphatic heterocycles. The first-order valence-electron chi connectivity index (χ1n) is 12.2. The van der Waals surface area contributed by atoms with E-state index >= 15 is 0 Å². The number of hydrazone groups is 1. The molecule has 1 aromatic heterocycles. The molecule has 1 amide bonds. The highest BCUT2D eigenvalue weighted by Gasteiger charge is 2.41. The summed E-state index contributed by atoms with van der Waals surface area (Å²) >= 11 is 0. The van der Waals surface area contributed by atoms with E-state index in [2.05, 4.69) is 47.5 Å². The molecule has 3 aliphatic rings. The van der Waals surface area contributed by atoms with E-state index in [0.717, 1.165) is 24.7 Å². The van der Waals surface area contributed by atoms with Crippen LogP contribution in [0.15, 0.2) is 34.7 Å². The number of anilines is 2. The van der Waals surface area contributed by atoms with E-state index in [0.29, 0.717) is 18.3 Å². The van der Waals surface area contributed by atoms with Crippen molar-refractivity contribution in [2.75, 3.05) is 17.2 Å². The predicted molar refractivity (Wildman–Crippen MR) is 134 cm³/mol. The number of aromatic nitrogens is 1. The van der Waals surface area contributed by atoms with Crippen molar-refractivity contribution in [1.29, 1.82) is 0 Å². The van der Waals surface area contributed by atoms with Gasteiger partial charge in [-0.3, -0.25) is 9.80 Å². The second-order valence-corrected chi connectivity index (χ2v) is 10.00. The number of amides is 1. The third-order valence-electron chi connectivity index (χ3n) is 6.63. The van der Waals surface area contributed by atoms with Gasteiger partial charge in [0.05, 0.1) is 11.3 Å². The number of hydrogen-bond donors (Lipinski definition) is 4. The molecule has 4 rings (SSSR count). The average molecular weight is 470 g/mol. The Balaban J connectivity index is 1.60. The van der Waals surface area contributed by atoms with Gasteiger partial charge in [-0.15, -0.1) is 0 Å². The van der Waals surface area contributed by atoms with Gasteiger partial charge in [-0.1, -0.05) is 13.8 Å². The number of carbonyl (C=O) groups excluding carboxylic acids is 1. The van der Waals surface area contributed by atoms with Crippen LogP contribution in [0.1, 0.15) is 63.7 Å². The molecule has 0 aromatic carbocycles. The second-order valence-electron chi connectivity index (χ2n) is 10.00. The SMILES string of the molecule is CCN1N=C(C2CC2)C2CC(Nc3nc(N[C@H](CC(C)C)[C@H](C)N)c(F)cc3C(N)=O)=CC=C21. The molecule has 0 saturated heterocycles. The van der Waals surface area contributed by atoms with E-state index in [1.54, 1.807) is 0 Å². The number of nitrogens with zero attached hydrogens (tertiary/aromatic N) is 3. The van der Waals surface area contributed by atoms with Crippen LogP contribution >= 0.6 is 0 Å². The number of pyridine rings is 1. The molecule has 2 aliphatic carbocycles. The van der Waals surface area contributed by atoms with Gasteiger partial charge in [0.15, 0.2) is 11.6 Å². The molecule has 0 bridgehead atoms. The van der Waals surface area contributed by atoms with Crippen molar-refractivity contribution < 1.29 is 9.18 Å². The summed E-state index contributed by atoms with van der Waals surface area (Å²) in [5.74, 6) is 0.0659. The number of nitrogens with one attached hydrogen (secondary N) is 2. The number of hydrogen-bond acceptors (Lipinski definition) is 7. The van der Waals surface area contributed by atoms with E-state index in [1.165, 1.54) is 24.3 Å². The minimum absolute atomic E-state index is 0.0117. The third kappa shape index (κ3) is 5.09. The maximum absolute atomic E-state index is 14.9. The number of carbonyl (C=O) groups is 1. The first-order chi connectivity index (χ1) is 16.2. The van der Waals surface area contributed by atoms with Crippen LogP contribution in [0.5, 0.6) is 0 Å². The van der Waals surface area contributed by atoms with E-state index in [-0.39, 0.29) is 35.2 Å². The Hall–Kier alpha value is -2.94. The Morgan fingerprint density at radius 2 is 2.00 bits per heavy atom. The van der Waals surface area contributed by atoms with E-state index in [4.69, 9.17) is 16.6 Å². The molecule has 1 fully saturated rings. The molecule has 0 radical (unpaired) electrons. The summed E-state index contributed by atoms with van der Waals surface area (Å²) in [6.45, 7) is 8.98. The van der Waals surface area contributed by atoms with Gasteiger partial charge in [0.2, 0.25) is 0 Å². The van der Waals surface area contributed by atoms with Crippen molar-refractivity contribution in [2.45, 2.75) is 65.5 Å². The smallest absolute Gasteiger partial charge is 0.252 e. The zero-order chi connectivity index (χ0) is 24.6. The number of halogens is 1. The molecular weight excluding hydrogens is 433 g/mol. The summed E-state index contributed by atoms with van der Waals surface area (Å²) < 4.78 is 14.9. The topological polar surface area (TPSA) is 122 Å². The standard InChI is InChI=1S/C25H36FN7O/c1-5-33-21-9-8-16(11-17(21)22(32-33)15-6-7-15)29-24-18(23(28)34)12-19(26)25(31-24)30-20(14(4)27)10-13(2)3/h8-9,12-15,17,20H,5-7,10-11,27H2,1-4H3,(H2,28,34)(H2,29,30,31)/t14-,17?,20+/m0/s1. The number of primary amides is 1.